The van der Waals surface area contributed by atoms with E-state index in [-0.39, 0.29) is 11.7 Å². The van der Waals surface area contributed by atoms with E-state index >= 15 is 0 Å². The molecule has 1 heterocycles. The fourth-order valence-corrected chi connectivity index (χ4v) is 3.02. The average Bonchev–Trinajstić information content (AvgIpc) is 3.11. The monoisotopic (exact) mass is 376 g/mol. The maximum absolute atomic E-state index is 12.5. The molecular weight excluding hydrogens is 348 g/mol. The van der Waals surface area contributed by atoms with Crippen molar-refractivity contribution < 1.29 is 4.79 Å². The summed E-state index contributed by atoms with van der Waals surface area (Å²) in [6, 6.07) is 18.4. The first-order valence-electron chi connectivity index (χ1n) is 9.88. The summed E-state index contributed by atoms with van der Waals surface area (Å²) in [4.78, 5) is 17.1. The molecule has 0 radical (unpaired) electrons. The van der Waals surface area contributed by atoms with Crippen LogP contribution in [0.5, 0.6) is 0 Å². The molecule has 0 fully saturated rings. The number of benzene rings is 2. The molecule has 2 aromatic carbocycles. The number of carbonyl (C=O) groups excluding carboxylic acids is 1. The van der Waals surface area contributed by atoms with Gasteiger partial charge in [-0.1, -0.05) is 56.3 Å². The zero-order valence-corrected chi connectivity index (χ0v) is 16.9. The van der Waals surface area contributed by atoms with Crippen molar-refractivity contribution in [1.29, 1.82) is 0 Å². The highest BCUT2D eigenvalue weighted by molar-refractivity contribution is 5.90. The first-order valence-corrected chi connectivity index (χ1v) is 9.88. The summed E-state index contributed by atoms with van der Waals surface area (Å²) in [5.41, 5.74) is 3.31. The Bertz CT molecular complexity index is 915. The minimum Gasteiger partial charge on any atom is -0.349 e. The van der Waals surface area contributed by atoms with E-state index in [1.165, 1.54) is 5.56 Å². The number of aryl methyl sites for hydroxylation is 3. The second-order valence-electron chi connectivity index (χ2n) is 7.53. The Morgan fingerprint density at radius 1 is 1.07 bits per heavy atom. The quantitative estimate of drug-likeness (QED) is 0.643. The van der Waals surface area contributed by atoms with Crippen LogP contribution in [0.2, 0.25) is 0 Å². The summed E-state index contributed by atoms with van der Waals surface area (Å²) < 4.78 is 1.80. The third-order valence-electron chi connectivity index (χ3n) is 4.61. The third kappa shape index (κ3) is 5.28. The molecule has 1 N–H and O–H groups in total. The van der Waals surface area contributed by atoms with E-state index in [0.29, 0.717) is 18.9 Å². The largest absolute Gasteiger partial charge is 0.349 e. The van der Waals surface area contributed by atoms with Crippen LogP contribution in [0.25, 0.3) is 5.69 Å². The van der Waals surface area contributed by atoms with Gasteiger partial charge in [0.2, 0.25) is 5.82 Å². The van der Waals surface area contributed by atoms with Crippen LogP contribution in [0, 0.1) is 12.8 Å². The number of nitrogens with one attached hydrogen (secondary N) is 1. The molecule has 1 amide bonds. The highest BCUT2D eigenvalue weighted by atomic mass is 16.2. The number of rotatable bonds is 8. The smallest absolute Gasteiger partial charge is 0.290 e. The molecule has 0 saturated carbocycles. The van der Waals surface area contributed by atoms with Crippen molar-refractivity contribution in [3.8, 4) is 5.69 Å². The Hall–Kier alpha value is -2.95. The highest BCUT2D eigenvalue weighted by Crippen LogP contribution is 2.14. The van der Waals surface area contributed by atoms with Gasteiger partial charge in [-0.05, 0) is 48.9 Å². The van der Waals surface area contributed by atoms with Crippen LogP contribution >= 0.6 is 0 Å². The molecule has 0 aliphatic carbocycles. The molecule has 5 nitrogen and oxygen atoms in total. The zero-order valence-electron chi connectivity index (χ0n) is 16.9. The summed E-state index contributed by atoms with van der Waals surface area (Å²) in [6.07, 6.45) is 2.50. The molecule has 0 saturated heterocycles. The molecule has 0 atom stereocenters. The summed E-state index contributed by atoms with van der Waals surface area (Å²) in [5, 5.41) is 7.46. The number of carbonyl (C=O) groups is 1. The van der Waals surface area contributed by atoms with E-state index < -0.39 is 0 Å². The summed E-state index contributed by atoms with van der Waals surface area (Å²) in [6.45, 7) is 6.95. The van der Waals surface area contributed by atoms with Crippen molar-refractivity contribution in [1.82, 2.24) is 20.1 Å². The van der Waals surface area contributed by atoms with E-state index in [2.05, 4.69) is 47.4 Å². The Morgan fingerprint density at radius 3 is 2.57 bits per heavy atom. The maximum Gasteiger partial charge on any atom is 0.290 e. The highest BCUT2D eigenvalue weighted by Gasteiger charge is 2.17. The number of nitrogens with zero attached hydrogens (tertiary/aromatic N) is 3. The summed E-state index contributed by atoms with van der Waals surface area (Å²) >= 11 is 0. The maximum atomic E-state index is 12.5. The van der Waals surface area contributed by atoms with Gasteiger partial charge in [-0.15, -0.1) is 5.10 Å². The first-order chi connectivity index (χ1) is 13.5. The minimum absolute atomic E-state index is 0.215. The van der Waals surface area contributed by atoms with Gasteiger partial charge in [0, 0.05) is 13.0 Å². The van der Waals surface area contributed by atoms with E-state index in [4.69, 9.17) is 0 Å². The molecule has 0 bridgehead atoms. The molecule has 3 aromatic rings. The van der Waals surface area contributed by atoms with Crippen LogP contribution in [0.3, 0.4) is 0 Å². The van der Waals surface area contributed by atoms with Crippen molar-refractivity contribution >= 4 is 5.91 Å². The van der Waals surface area contributed by atoms with Gasteiger partial charge >= 0.3 is 0 Å². The lowest BCUT2D eigenvalue weighted by Crippen LogP contribution is -2.26. The predicted octanol–water partition coefficient (Wildman–Crippen LogP) is 4.14. The third-order valence-corrected chi connectivity index (χ3v) is 4.61. The Morgan fingerprint density at radius 2 is 1.86 bits per heavy atom. The molecule has 28 heavy (non-hydrogen) atoms. The molecule has 3 rings (SSSR count). The van der Waals surface area contributed by atoms with Gasteiger partial charge in [0.25, 0.3) is 5.91 Å². The van der Waals surface area contributed by atoms with Crippen LogP contribution in [0.1, 0.15) is 47.8 Å². The van der Waals surface area contributed by atoms with Crippen molar-refractivity contribution in [3.05, 3.63) is 77.4 Å². The first kappa shape index (κ1) is 19.8. The van der Waals surface area contributed by atoms with Crippen LogP contribution in [0.15, 0.2) is 54.6 Å². The van der Waals surface area contributed by atoms with Crippen LogP contribution < -0.4 is 5.32 Å². The Labute approximate surface area is 166 Å². The molecular formula is C23H28N4O. The molecule has 0 unspecified atom stereocenters. The predicted molar refractivity (Wildman–Crippen MR) is 112 cm³/mol. The van der Waals surface area contributed by atoms with E-state index in [0.717, 1.165) is 29.9 Å². The second kappa shape index (κ2) is 9.31. The van der Waals surface area contributed by atoms with Gasteiger partial charge < -0.3 is 5.32 Å². The van der Waals surface area contributed by atoms with Gasteiger partial charge in [0.1, 0.15) is 5.82 Å². The molecule has 1 aromatic heterocycles. The SMILES string of the molecule is Cc1cccc(-n2nc(C(=O)NCCC(C)C)nc2CCc2ccccc2)c1. The van der Waals surface area contributed by atoms with Crippen molar-refractivity contribution in [2.75, 3.05) is 6.54 Å². The van der Waals surface area contributed by atoms with Gasteiger partial charge in [-0.3, -0.25) is 4.79 Å². The van der Waals surface area contributed by atoms with E-state index in [9.17, 15) is 4.79 Å². The second-order valence-corrected chi connectivity index (χ2v) is 7.53. The lowest BCUT2D eigenvalue weighted by molar-refractivity contribution is 0.0941. The lowest BCUT2D eigenvalue weighted by Gasteiger charge is -2.07. The topological polar surface area (TPSA) is 59.8 Å². The lowest BCUT2D eigenvalue weighted by atomic mass is 10.1. The molecule has 146 valence electrons. The van der Waals surface area contributed by atoms with Crippen LogP contribution in [-0.2, 0) is 12.8 Å². The van der Waals surface area contributed by atoms with E-state index in [1.54, 1.807) is 4.68 Å². The normalized spacial score (nSPS) is 11.0. The Balaban J connectivity index is 1.83. The van der Waals surface area contributed by atoms with Crippen molar-refractivity contribution in [2.24, 2.45) is 5.92 Å². The standard InChI is InChI=1S/C23H28N4O/c1-17(2)14-15-24-23(28)22-25-21(13-12-19-9-5-4-6-10-19)27(26-22)20-11-7-8-18(3)16-20/h4-11,16-17H,12-15H2,1-3H3,(H,24,28). The fourth-order valence-electron chi connectivity index (χ4n) is 3.02. The van der Waals surface area contributed by atoms with Gasteiger partial charge in [0.05, 0.1) is 5.69 Å². The number of hydrogen-bond acceptors (Lipinski definition) is 3. The van der Waals surface area contributed by atoms with Crippen LogP contribution in [0.4, 0.5) is 0 Å². The summed E-state index contributed by atoms with van der Waals surface area (Å²) in [7, 11) is 0. The van der Waals surface area contributed by atoms with Crippen molar-refractivity contribution in [2.45, 2.75) is 40.0 Å². The molecule has 0 aliphatic rings. The fraction of sp³-hybridized carbons (Fsp3) is 0.348. The van der Waals surface area contributed by atoms with E-state index in [1.807, 2.05) is 43.3 Å². The minimum atomic E-state index is -0.215. The zero-order chi connectivity index (χ0) is 19.9. The Kier molecular flexibility index (Phi) is 6.58. The van der Waals surface area contributed by atoms with Gasteiger partial charge in [0.15, 0.2) is 0 Å². The summed E-state index contributed by atoms with van der Waals surface area (Å²) in [5.74, 6) is 1.35. The van der Waals surface area contributed by atoms with Crippen molar-refractivity contribution in [3.63, 3.8) is 0 Å². The number of hydrogen-bond donors (Lipinski definition) is 1. The molecule has 5 heteroatoms. The average molecular weight is 377 g/mol. The van der Waals surface area contributed by atoms with Gasteiger partial charge in [-0.25, -0.2) is 9.67 Å². The number of aromatic nitrogens is 3. The molecule has 0 spiro atoms. The van der Waals surface area contributed by atoms with Gasteiger partial charge in [-0.2, -0.15) is 0 Å². The molecule has 0 aliphatic heterocycles. The van der Waals surface area contributed by atoms with Crippen LogP contribution in [-0.4, -0.2) is 27.2 Å². The number of amides is 1.